The zero-order chi connectivity index (χ0) is 36.3. The second-order valence-corrected chi connectivity index (χ2v) is 14.4. The Labute approximate surface area is 318 Å². The molecule has 3 nitrogen and oxygen atoms in total. The fraction of sp³-hybridized carbons (Fsp3) is 0.0385. The van der Waals surface area contributed by atoms with Crippen molar-refractivity contribution in [3.8, 4) is 56.0 Å². The molecular formula is C52H34N2O. The Hall–Kier alpha value is -7.10. The van der Waals surface area contributed by atoms with Crippen LogP contribution in [0.2, 0.25) is 0 Å². The summed E-state index contributed by atoms with van der Waals surface area (Å²) in [5.41, 5.74) is 15.1. The van der Waals surface area contributed by atoms with Gasteiger partial charge in [-0.05, 0) is 86.8 Å². The lowest BCUT2D eigenvalue weighted by Crippen LogP contribution is -1.97. The fourth-order valence-electron chi connectivity index (χ4n) is 8.48. The minimum atomic E-state index is 0.700. The molecule has 2 heterocycles. The van der Waals surface area contributed by atoms with Gasteiger partial charge in [-0.15, -0.1) is 0 Å². The third-order valence-electron chi connectivity index (χ3n) is 11.2. The first kappa shape index (κ1) is 31.4. The van der Waals surface area contributed by atoms with Crippen molar-refractivity contribution in [2.75, 3.05) is 0 Å². The van der Waals surface area contributed by atoms with Crippen LogP contribution in [0.1, 0.15) is 17.5 Å². The Balaban J connectivity index is 1.16. The molecule has 55 heavy (non-hydrogen) atoms. The van der Waals surface area contributed by atoms with Gasteiger partial charge >= 0.3 is 0 Å². The van der Waals surface area contributed by atoms with E-state index in [9.17, 15) is 0 Å². The topological polar surface area (TPSA) is 38.9 Å². The number of aromatic nitrogens is 2. The second-order valence-electron chi connectivity index (χ2n) is 14.4. The van der Waals surface area contributed by atoms with Crippen molar-refractivity contribution in [3.05, 3.63) is 187 Å². The fourth-order valence-corrected chi connectivity index (χ4v) is 8.48. The minimum absolute atomic E-state index is 0.700. The van der Waals surface area contributed by atoms with Crippen molar-refractivity contribution >= 4 is 49.7 Å². The maximum absolute atomic E-state index is 6.95. The van der Waals surface area contributed by atoms with Gasteiger partial charge in [-0.1, -0.05) is 158 Å². The van der Waals surface area contributed by atoms with Gasteiger partial charge in [-0.2, -0.15) is 0 Å². The lowest BCUT2D eigenvalue weighted by atomic mass is 9.92. The molecule has 0 unspecified atom stereocenters. The van der Waals surface area contributed by atoms with Gasteiger partial charge in [0, 0.05) is 32.8 Å². The number of benzene rings is 8. The van der Waals surface area contributed by atoms with Crippen molar-refractivity contribution in [1.29, 1.82) is 0 Å². The van der Waals surface area contributed by atoms with Crippen LogP contribution in [0.4, 0.5) is 0 Å². The Morgan fingerprint density at radius 1 is 0.455 bits per heavy atom. The van der Waals surface area contributed by atoms with Crippen molar-refractivity contribution in [3.63, 3.8) is 0 Å². The number of aryl methyl sites for hydroxylation is 1. The maximum Gasteiger partial charge on any atom is 0.161 e. The molecule has 8 aromatic carbocycles. The van der Waals surface area contributed by atoms with Crippen LogP contribution in [0.3, 0.4) is 0 Å². The van der Waals surface area contributed by atoms with Crippen molar-refractivity contribution < 1.29 is 4.42 Å². The summed E-state index contributed by atoms with van der Waals surface area (Å²) in [5.74, 6) is 0.700. The SMILES string of the molecule is C1=Cc2cc3c(cc2CC1)oc1c(-c2ccc(-c4ccccc4)cc2)ccc(-c2nc(-c4cccc5c(-c6ccccc6)cccc45)nc4ccccc24)c13. The first-order valence-electron chi connectivity index (χ1n) is 19.0. The van der Waals surface area contributed by atoms with Gasteiger partial charge in [0.1, 0.15) is 11.2 Å². The van der Waals surface area contributed by atoms with E-state index in [2.05, 4.69) is 182 Å². The Kier molecular flexibility index (Phi) is 7.31. The molecule has 0 saturated heterocycles. The number of hydrogen-bond acceptors (Lipinski definition) is 3. The molecule has 0 bridgehead atoms. The van der Waals surface area contributed by atoms with Gasteiger partial charge in [-0.25, -0.2) is 9.97 Å². The molecule has 258 valence electrons. The number of rotatable bonds is 5. The summed E-state index contributed by atoms with van der Waals surface area (Å²) in [6, 6.07) is 60.3. The second kappa shape index (κ2) is 12.8. The molecule has 0 radical (unpaired) electrons. The van der Waals surface area contributed by atoms with E-state index in [-0.39, 0.29) is 0 Å². The third-order valence-corrected chi connectivity index (χ3v) is 11.2. The van der Waals surface area contributed by atoms with E-state index in [4.69, 9.17) is 14.4 Å². The van der Waals surface area contributed by atoms with Gasteiger partial charge < -0.3 is 4.42 Å². The highest BCUT2D eigenvalue weighted by atomic mass is 16.3. The molecular weight excluding hydrogens is 669 g/mol. The molecule has 1 aliphatic rings. The number of para-hydroxylation sites is 1. The maximum atomic E-state index is 6.95. The third kappa shape index (κ3) is 5.27. The molecule has 0 N–H and O–H groups in total. The van der Waals surface area contributed by atoms with Crippen molar-refractivity contribution in [2.45, 2.75) is 12.8 Å². The number of hydrogen-bond donors (Lipinski definition) is 0. The van der Waals surface area contributed by atoms with Crippen LogP contribution in [0.15, 0.2) is 180 Å². The summed E-state index contributed by atoms with van der Waals surface area (Å²) >= 11 is 0. The van der Waals surface area contributed by atoms with E-state index in [0.717, 1.165) is 79.0 Å². The molecule has 0 saturated carbocycles. The average Bonchev–Trinajstić information content (AvgIpc) is 3.63. The van der Waals surface area contributed by atoms with E-state index < -0.39 is 0 Å². The molecule has 0 fully saturated rings. The predicted octanol–water partition coefficient (Wildman–Crippen LogP) is 14.0. The largest absolute Gasteiger partial charge is 0.455 e. The Morgan fingerprint density at radius 3 is 1.91 bits per heavy atom. The summed E-state index contributed by atoms with van der Waals surface area (Å²) in [7, 11) is 0. The first-order valence-corrected chi connectivity index (χ1v) is 19.0. The van der Waals surface area contributed by atoms with Crippen LogP contribution in [0, 0.1) is 0 Å². The highest BCUT2D eigenvalue weighted by molar-refractivity contribution is 6.18. The minimum Gasteiger partial charge on any atom is -0.455 e. The summed E-state index contributed by atoms with van der Waals surface area (Å²) in [4.78, 5) is 10.7. The molecule has 0 aliphatic heterocycles. The molecule has 10 aromatic rings. The van der Waals surface area contributed by atoms with Gasteiger partial charge in [0.2, 0.25) is 0 Å². The van der Waals surface area contributed by atoms with E-state index in [1.54, 1.807) is 0 Å². The zero-order valence-corrected chi connectivity index (χ0v) is 30.0. The number of fused-ring (bicyclic) bond motifs is 6. The summed E-state index contributed by atoms with van der Waals surface area (Å²) in [6.45, 7) is 0. The molecule has 0 atom stereocenters. The van der Waals surface area contributed by atoms with Crippen LogP contribution in [-0.2, 0) is 6.42 Å². The molecule has 11 rings (SSSR count). The van der Waals surface area contributed by atoms with E-state index in [0.29, 0.717) is 5.82 Å². The average molecular weight is 703 g/mol. The molecule has 0 amide bonds. The Morgan fingerprint density at radius 2 is 1.09 bits per heavy atom. The summed E-state index contributed by atoms with van der Waals surface area (Å²) in [6.07, 6.45) is 6.58. The number of furan rings is 1. The smallest absolute Gasteiger partial charge is 0.161 e. The van der Waals surface area contributed by atoms with Gasteiger partial charge in [0.25, 0.3) is 0 Å². The molecule has 2 aromatic heterocycles. The highest BCUT2D eigenvalue weighted by Gasteiger charge is 2.23. The number of allylic oxidation sites excluding steroid dienone is 1. The van der Waals surface area contributed by atoms with Crippen LogP contribution in [0.5, 0.6) is 0 Å². The van der Waals surface area contributed by atoms with Crippen LogP contribution >= 0.6 is 0 Å². The van der Waals surface area contributed by atoms with Gasteiger partial charge in [0.15, 0.2) is 5.82 Å². The summed E-state index contributed by atoms with van der Waals surface area (Å²) in [5, 5.41) is 5.47. The lowest BCUT2D eigenvalue weighted by Gasteiger charge is -2.14. The monoisotopic (exact) mass is 702 g/mol. The van der Waals surface area contributed by atoms with Crippen LogP contribution in [-0.4, -0.2) is 9.97 Å². The van der Waals surface area contributed by atoms with E-state index >= 15 is 0 Å². The van der Waals surface area contributed by atoms with Crippen LogP contribution in [0.25, 0.3) is 106 Å². The first-order chi connectivity index (χ1) is 27.3. The Bertz CT molecular complexity index is 3120. The highest BCUT2D eigenvalue weighted by Crippen LogP contribution is 2.45. The predicted molar refractivity (Wildman–Crippen MR) is 229 cm³/mol. The summed E-state index contributed by atoms with van der Waals surface area (Å²) < 4.78 is 6.95. The lowest BCUT2D eigenvalue weighted by molar-refractivity contribution is 0.669. The quantitative estimate of drug-likeness (QED) is 0.179. The normalized spacial score (nSPS) is 12.5. The van der Waals surface area contributed by atoms with Crippen molar-refractivity contribution in [2.24, 2.45) is 0 Å². The van der Waals surface area contributed by atoms with Gasteiger partial charge in [-0.3, -0.25) is 0 Å². The van der Waals surface area contributed by atoms with Crippen LogP contribution < -0.4 is 0 Å². The van der Waals surface area contributed by atoms with Crippen molar-refractivity contribution in [1.82, 2.24) is 9.97 Å². The zero-order valence-electron chi connectivity index (χ0n) is 30.0. The standard InChI is InChI=1S/C52H34N2O/c1-3-13-33(14-4-1)34-25-27-36(28-26-34)40-29-30-45(49-46-31-37-17-7-8-18-38(37)32-48(46)55-51(40)49)50-44-19-9-10-24-47(44)53-52(54-50)43-23-12-21-41-39(20-11-22-42(41)43)35-15-5-2-6-16-35/h1-7,9-17,19-32H,8,18H2. The molecule has 3 heteroatoms. The van der Waals surface area contributed by atoms with E-state index in [1.807, 2.05) is 0 Å². The molecule has 0 spiro atoms. The van der Waals surface area contributed by atoms with E-state index in [1.165, 1.54) is 38.8 Å². The molecule has 1 aliphatic carbocycles. The number of nitrogens with zero attached hydrogens (tertiary/aromatic N) is 2. The van der Waals surface area contributed by atoms with Gasteiger partial charge in [0.05, 0.1) is 11.2 Å².